The molecule has 0 spiro atoms. The molecule has 2 atom stereocenters. The van der Waals surface area contributed by atoms with Crippen LogP contribution in [0.1, 0.15) is 58.3 Å². The van der Waals surface area contributed by atoms with Crippen LogP contribution >= 0.6 is 0 Å². The summed E-state index contributed by atoms with van der Waals surface area (Å²) >= 11 is 0. The fourth-order valence-electron chi connectivity index (χ4n) is 2.09. The normalized spacial score (nSPS) is 26.4. The van der Waals surface area contributed by atoms with E-state index in [1.807, 2.05) is 0 Å². The minimum absolute atomic E-state index is 0.00729. The maximum absolute atomic E-state index is 11.1. The second kappa shape index (κ2) is 6.83. The van der Waals surface area contributed by atoms with E-state index in [0.717, 1.165) is 12.8 Å². The summed E-state index contributed by atoms with van der Waals surface area (Å²) in [5.41, 5.74) is 0. The summed E-state index contributed by atoms with van der Waals surface area (Å²) in [5.74, 6) is 0.0962. The molecule has 0 aromatic carbocycles. The van der Waals surface area contributed by atoms with Crippen molar-refractivity contribution in [3.8, 4) is 0 Å². The van der Waals surface area contributed by atoms with Gasteiger partial charge in [-0.05, 0) is 12.8 Å². The highest BCUT2D eigenvalue weighted by atomic mass is 16.3. The third-order valence-corrected chi connectivity index (χ3v) is 3.10. The van der Waals surface area contributed by atoms with Gasteiger partial charge in [-0.1, -0.05) is 39.0 Å². The van der Waals surface area contributed by atoms with Crippen LogP contribution in [-0.2, 0) is 4.79 Å². The lowest BCUT2D eigenvalue weighted by Crippen LogP contribution is -2.47. The fourth-order valence-corrected chi connectivity index (χ4v) is 2.09. The van der Waals surface area contributed by atoms with Gasteiger partial charge in [0.15, 0.2) is 0 Å². The Bertz CT molecular complexity index is 194. The molecule has 3 heteroatoms. The number of carbonyl (C=O) groups is 1. The Kier molecular flexibility index (Phi) is 5.69. The van der Waals surface area contributed by atoms with E-state index in [-0.39, 0.29) is 18.1 Å². The van der Waals surface area contributed by atoms with Gasteiger partial charge in [0.2, 0.25) is 5.91 Å². The molecule has 0 radical (unpaired) electrons. The van der Waals surface area contributed by atoms with Gasteiger partial charge in [0, 0.05) is 6.42 Å². The van der Waals surface area contributed by atoms with Crippen LogP contribution in [-0.4, -0.2) is 23.2 Å². The number of hydrogen-bond acceptors (Lipinski definition) is 2. The Morgan fingerprint density at radius 2 is 2.07 bits per heavy atom. The Hall–Kier alpha value is -0.570. The van der Waals surface area contributed by atoms with Crippen LogP contribution < -0.4 is 5.32 Å². The maximum Gasteiger partial charge on any atom is 0.220 e. The van der Waals surface area contributed by atoms with Crippen molar-refractivity contribution in [3.63, 3.8) is 0 Å². The monoisotopic (exact) mass is 213 g/mol. The second-order valence-corrected chi connectivity index (χ2v) is 4.48. The molecule has 1 aliphatic rings. The number of carbonyl (C=O) groups excluding carboxylic acids is 1. The first-order valence-electron chi connectivity index (χ1n) is 6.21. The van der Waals surface area contributed by atoms with E-state index >= 15 is 0 Å². The third kappa shape index (κ3) is 4.65. The molecule has 88 valence electrons. The first kappa shape index (κ1) is 12.5. The minimum atomic E-state index is -0.325. The molecule has 1 saturated heterocycles. The van der Waals surface area contributed by atoms with Gasteiger partial charge in [0.25, 0.3) is 0 Å². The topological polar surface area (TPSA) is 49.3 Å². The minimum Gasteiger partial charge on any atom is -0.391 e. The third-order valence-electron chi connectivity index (χ3n) is 3.10. The SMILES string of the molecule is CCCCCCC[C@@H]1NC(=O)CC[C@H]1O. The molecule has 0 unspecified atom stereocenters. The van der Waals surface area contributed by atoms with E-state index in [2.05, 4.69) is 12.2 Å². The zero-order valence-electron chi connectivity index (χ0n) is 9.67. The number of rotatable bonds is 6. The Morgan fingerprint density at radius 3 is 2.80 bits per heavy atom. The lowest BCUT2D eigenvalue weighted by atomic mass is 9.95. The van der Waals surface area contributed by atoms with Crippen LogP contribution in [0.4, 0.5) is 0 Å². The van der Waals surface area contributed by atoms with Crippen LogP contribution in [0.25, 0.3) is 0 Å². The van der Waals surface area contributed by atoms with Crippen LogP contribution in [0, 0.1) is 0 Å². The lowest BCUT2D eigenvalue weighted by molar-refractivity contribution is -0.126. The zero-order valence-corrected chi connectivity index (χ0v) is 9.67. The predicted molar refractivity (Wildman–Crippen MR) is 60.5 cm³/mol. The van der Waals surface area contributed by atoms with Gasteiger partial charge in [-0.15, -0.1) is 0 Å². The van der Waals surface area contributed by atoms with E-state index in [1.165, 1.54) is 25.7 Å². The first-order chi connectivity index (χ1) is 7.24. The molecule has 0 aliphatic carbocycles. The molecule has 1 rings (SSSR count). The lowest BCUT2D eigenvalue weighted by Gasteiger charge is -2.28. The molecule has 1 fully saturated rings. The maximum atomic E-state index is 11.1. The number of aliphatic hydroxyl groups excluding tert-OH is 1. The van der Waals surface area contributed by atoms with Crippen molar-refractivity contribution in [1.29, 1.82) is 0 Å². The summed E-state index contributed by atoms with van der Waals surface area (Å²) in [6.07, 6.45) is 7.86. The number of unbranched alkanes of at least 4 members (excludes halogenated alkanes) is 4. The van der Waals surface area contributed by atoms with E-state index in [0.29, 0.717) is 12.8 Å². The van der Waals surface area contributed by atoms with Crippen molar-refractivity contribution < 1.29 is 9.90 Å². The van der Waals surface area contributed by atoms with Gasteiger partial charge in [-0.3, -0.25) is 4.79 Å². The molecule has 0 aromatic rings. The molecular formula is C12H23NO2. The van der Waals surface area contributed by atoms with Gasteiger partial charge in [0.05, 0.1) is 12.1 Å². The largest absolute Gasteiger partial charge is 0.391 e. The molecule has 1 heterocycles. The summed E-state index contributed by atoms with van der Waals surface area (Å²) in [4.78, 5) is 11.1. The number of aliphatic hydroxyl groups is 1. The van der Waals surface area contributed by atoms with Crippen LogP contribution in [0.3, 0.4) is 0 Å². The van der Waals surface area contributed by atoms with Gasteiger partial charge in [-0.2, -0.15) is 0 Å². The van der Waals surface area contributed by atoms with Crippen LogP contribution in [0.5, 0.6) is 0 Å². The first-order valence-corrected chi connectivity index (χ1v) is 6.21. The molecule has 3 nitrogen and oxygen atoms in total. The standard InChI is InChI=1S/C12H23NO2/c1-2-3-4-5-6-7-10-11(14)8-9-12(15)13-10/h10-11,14H,2-9H2,1H3,(H,13,15)/t10-,11+/m0/s1. The molecule has 0 saturated carbocycles. The average Bonchev–Trinajstić information content (AvgIpc) is 2.23. The second-order valence-electron chi connectivity index (χ2n) is 4.48. The predicted octanol–water partition coefficient (Wildman–Crippen LogP) is 1.99. The van der Waals surface area contributed by atoms with Crippen molar-refractivity contribution in [2.45, 2.75) is 70.4 Å². The number of amides is 1. The molecule has 0 aromatic heterocycles. The van der Waals surface area contributed by atoms with Crippen molar-refractivity contribution in [3.05, 3.63) is 0 Å². The van der Waals surface area contributed by atoms with E-state index in [1.54, 1.807) is 0 Å². The average molecular weight is 213 g/mol. The zero-order chi connectivity index (χ0) is 11.1. The molecule has 2 N–H and O–H groups in total. The Balaban J connectivity index is 2.10. The fraction of sp³-hybridized carbons (Fsp3) is 0.917. The number of piperidine rings is 1. The van der Waals surface area contributed by atoms with Crippen molar-refractivity contribution in [2.24, 2.45) is 0 Å². The Morgan fingerprint density at radius 1 is 1.33 bits per heavy atom. The highest BCUT2D eigenvalue weighted by Crippen LogP contribution is 2.15. The summed E-state index contributed by atoms with van der Waals surface area (Å²) in [7, 11) is 0. The molecule has 1 amide bonds. The number of hydrogen-bond donors (Lipinski definition) is 2. The van der Waals surface area contributed by atoms with Crippen molar-refractivity contribution >= 4 is 5.91 Å². The highest BCUT2D eigenvalue weighted by Gasteiger charge is 2.25. The molecule has 15 heavy (non-hydrogen) atoms. The summed E-state index contributed by atoms with van der Waals surface area (Å²) < 4.78 is 0. The van der Waals surface area contributed by atoms with Crippen LogP contribution in [0.2, 0.25) is 0 Å². The quantitative estimate of drug-likeness (QED) is 0.663. The Labute approximate surface area is 92.3 Å². The highest BCUT2D eigenvalue weighted by molar-refractivity contribution is 5.77. The molecule has 0 bridgehead atoms. The van der Waals surface area contributed by atoms with Crippen molar-refractivity contribution in [2.75, 3.05) is 0 Å². The van der Waals surface area contributed by atoms with Gasteiger partial charge in [-0.25, -0.2) is 0 Å². The smallest absolute Gasteiger partial charge is 0.220 e. The van der Waals surface area contributed by atoms with E-state index in [4.69, 9.17) is 0 Å². The summed E-state index contributed by atoms with van der Waals surface area (Å²) in [6, 6.07) is 0.00729. The van der Waals surface area contributed by atoms with Crippen LogP contribution in [0.15, 0.2) is 0 Å². The van der Waals surface area contributed by atoms with E-state index in [9.17, 15) is 9.90 Å². The van der Waals surface area contributed by atoms with Gasteiger partial charge >= 0.3 is 0 Å². The summed E-state index contributed by atoms with van der Waals surface area (Å²) in [6.45, 7) is 2.20. The van der Waals surface area contributed by atoms with E-state index < -0.39 is 0 Å². The summed E-state index contributed by atoms with van der Waals surface area (Å²) in [5, 5.41) is 12.5. The van der Waals surface area contributed by atoms with Gasteiger partial charge < -0.3 is 10.4 Å². The molecule has 1 aliphatic heterocycles. The number of nitrogens with one attached hydrogen (secondary N) is 1. The van der Waals surface area contributed by atoms with Gasteiger partial charge in [0.1, 0.15) is 0 Å². The molecular weight excluding hydrogens is 190 g/mol. The van der Waals surface area contributed by atoms with Crippen molar-refractivity contribution in [1.82, 2.24) is 5.32 Å².